The molecule has 1 amide bonds. The van der Waals surface area contributed by atoms with E-state index in [4.69, 9.17) is 5.73 Å². The Morgan fingerprint density at radius 1 is 1.40 bits per heavy atom. The number of nitrogens with two attached hydrogens (primary N) is 1. The topological polar surface area (TPSA) is 80.0 Å². The lowest BCUT2D eigenvalue weighted by atomic mass is 10.0. The summed E-state index contributed by atoms with van der Waals surface area (Å²) in [6, 6.07) is 7.51. The Morgan fingerprint density at radius 2 is 2.24 bits per heavy atom. The third-order valence-electron chi connectivity index (χ3n) is 4.25. The predicted molar refractivity (Wildman–Crippen MR) is 91.8 cm³/mol. The molecule has 0 radical (unpaired) electrons. The van der Waals surface area contributed by atoms with Crippen LogP contribution in [0.25, 0.3) is 0 Å². The molecule has 132 valence electrons. The van der Waals surface area contributed by atoms with E-state index in [1.54, 1.807) is 18.2 Å². The molecule has 1 aliphatic heterocycles. The maximum absolute atomic E-state index is 14.1. The first-order chi connectivity index (χ1) is 12.0. The number of aromatic nitrogens is 1. The first-order valence-corrected chi connectivity index (χ1v) is 8.17. The van der Waals surface area contributed by atoms with Gasteiger partial charge < -0.3 is 16.4 Å². The van der Waals surface area contributed by atoms with Crippen LogP contribution in [0.5, 0.6) is 0 Å². The molecule has 0 unspecified atom stereocenters. The second-order valence-corrected chi connectivity index (χ2v) is 6.15. The average molecular weight is 346 g/mol. The van der Waals surface area contributed by atoms with Crippen LogP contribution in [-0.4, -0.2) is 36.2 Å². The summed E-state index contributed by atoms with van der Waals surface area (Å²) in [4.78, 5) is 15.9. The molecule has 25 heavy (non-hydrogen) atoms. The van der Waals surface area contributed by atoms with Crippen LogP contribution >= 0.6 is 0 Å². The minimum atomic E-state index is -1.06. The van der Waals surface area contributed by atoms with Crippen molar-refractivity contribution in [3.05, 3.63) is 59.2 Å². The van der Waals surface area contributed by atoms with Gasteiger partial charge in [-0.05, 0) is 36.7 Å². The van der Waals surface area contributed by atoms with Crippen molar-refractivity contribution in [1.82, 2.24) is 10.3 Å². The Bertz CT molecular complexity index is 768. The van der Waals surface area contributed by atoms with Crippen molar-refractivity contribution in [2.75, 3.05) is 18.4 Å². The van der Waals surface area contributed by atoms with Crippen LogP contribution in [0.15, 0.2) is 36.5 Å². The molecule has 1 aromatic heterocycles. The Kier molecular flexibility index (Phi) is 5.23. The van der Waals surface area contributed by atoms with Crippen molar-refractivity contribution in [2.24, 2.45) is 5.73 Å². The molecule has 7 heteroatoms. The first kappa shape index (κ1) is 17.3. The zero-order valence-corrected chi connectivity index (χ0v) is 13.6. The lowest BCUT2D eigenvalue weighted by molar-refractivity contribution is 0.100. The number of nitrogens with zero attached hydrogens (tertiary/aromatic N) is 1. The maximum atomic E-state index is 14.1. The van der Waals surface area contributed by atoms with Gasteiger partial charge in [-0.15, -0.1) is 0 Å². The van der Waals surface area contributed by atoms with E-state index in [1.807, 2.05) is 0 Å². The number of carbonyl (C=O) groups is 1. The van der Waals surface area contributed by atoms with Crippen LogP contribution in [0.2, 0.25) is 0 Å². The first-order valence-electron chi connectivity index (χ1n) is 8.17. The predicted octanol–water partition coefficient (Wildman–Crippen LogP) is 2.02. The summed E-state index contributed by atoms with van der Waals surface area (Å²) >= 11 is 0. The largest absolute Gasteiger partial charge is 0.379 e. The molecule has 4 N–H and O–H groups in total. The number of hydrogen-bond donors (Lipinski definition) is 3. The number of anilines is 1. The molecule has 1 aromatic carbocycles. The van der Waals surface area contributed by atoms with Crippen LogP contribution < -0.4 is 16.4 Å². The summed E-state index contributed by atoms with van der Waals surface area (Å²) in [7, 11) is 0. The number of alkyl halides is 1. The number of piperidine rings is 1. The van der Waals surface area contributed by atoms with Gasteiger partial charge in [0.05, 0.1) is 17.3 Å². The highest BCUT2D eigenvalue weighted by atomic mass is 19.1. The molecular weight excluding hydrogens is 326 g/mol. The number of halogens is 2. The second kappa shape index (κ2) is 7.57. The number of rotatable bonds is 5. The summed E-state index contributed by atoms with van der Waals surface area (Å²) in [5, 5.41) is 6.07. The van der Waals surface area contributed by atoms with Gasteiger partial charge in [-0.1, -0.05) is 12.1 Å². The number of amides is 1. The number of benzene rings is 1. The van der Waals surface area contributed by atoms with Crippen LogP contribution in [0.3, 0.4) is 0 Å². The zero-order valence-electron chi connectivity index (χ0n) is 13.6. The molecule has 0 saturated carbocycles. The quantitative estimate of drug-likeness (QED) is 0.774. The third kappa shape index (κ3) is 4.30. The number of carbonyl (C=O) groups excluding carboxylic acids is 1. The van der Waals surface area contributed by atoms with Crippen molar-refractivity contribution in [1.29, 1.82) is 0 Å². The molecule has 2 heterocycles. The van der Waals surface area contributed by atoms with Gasteiger partial charge in [-0.25, -0.2) is 8.78 Å². The smallest absolute Gasteiger partial charge is 0.252 e. The van der Waals surface area contributed by atoms with E-state index in [-0.39, 0.29) is 17.9 Å². The van der Waals surface area contributed by atoms with Gasteiger partial charge in [-0.2, -0.15) is 0 Å². The fourth-order valence-electron chi connectivity index (χ4n) is 2.95. The monoisotopic (exact) mass is 346 g/mol. The van der Waals surface area contributed by atoms with Crippen molar-refractivity contribution in [3.8, 4) is 0 Å². The molecule has 5 nitrogen and oxygen atoms in total. The highest BCUT2D eigenvalue weighted by Crippen LogP contribution is 2.22. The number of pyridine rings is 1. The highest BCUT2D eigenvalue weighted by Gasteiger charge is 2.25. The molecule has 1 aliphatic rings. The molecule has 2 atom stereocenters. The summed E-state index contributed by atoms with van der Waals surface area (Å²) in [6.45, 7) is 0.968. The van der Waals surface area contributed by atoms with E-state index in [1.165, 1.54) is 18.3 Å². The van der Waals surface area contributed by atoms with E-state index in [0.29, 0.717) is 30.8 Å². The standard InChI is InChI=1S/C18H20F2N4O/c19-12-3-1-2-11(6-12)7-13-8-17(14(9-23-13)18(21)25)24-16-4-5-22-10-15(16)20/h1-3,6,8-9,15-16,22H,4-5,7,10H2,(H2,21,25)(H,23,24)/t15-,16+/m0/s1. The number of primary amides is 1. The van der Waals surface area contributed by atoms with Gasteiger partial charge in [0, 0.05) is 24.9 Å². The lowest BCUT2D eigenvalue weighted by Gasteiger charge is -2.29. The fourth-order valence-corrected chi connectivity index (χ4v) is 2.95. The third-order valence-corrected chi connectivity index (χ3v) is 4.25. The molecule has 0 bridgehead atoms. The highest BCUT2D eigenvalue weighted by molar-refractivity contribution is 5.98. The van der Waals surface area contributed by atoms with Crippen molar-refractivity contribution in [2.45, 2.75) is 25.1 Å². The summed E-state index contributed by atoms with van der Waals surface area (Å²) in [6.07, 6.45) is 1.32. The molecule has 2 aromatic rings. The van der Waals surface area contributed by atoms with E-state index < -0.39 is 18.1 Å². The lowest BCUT2D eigenvalue weighted by Crippen LogP contribution is -2.45. The second-order valence-electron chi connectivity index (χ2n) is 6.15. The summed E-state index contributed by atoms with van der Waals surface area (Å²) in [5.74, 6) is -0.948. The Balaban J connectivity index is 1.85. The Hall–Kier alpha value is -2.54. The summed E-state index contributed by atoms with van der Waals surface area (Å²) < 4.78 is 27.4. The Morgan fingerprint density at radius 3 is 2.96 bits per heavy atom. The minimum Gasteiger partial charge on any atom is -0.379 e. The summed E-state index contributed by atoms with van der Waals surface area (Å²) in [5.41, 5.74) is 7.48. The van der Waals surface area contributed by atoms with E-state index in [2.05, 4.69) is 15.6 Å². The fraction of sp³-hybridized carbons (Fsp3) is 0.333. The maximum Gasteiger partial charge on any atom is 0.252 e. The van der Waals surface area contributed by atoms with Gasteiger partial charge in [0.15, 0.2) is 0 Å². The van der Waals surface area contributed by atoms with Gasteiger partial charge >= 0.3 is 0 Å². The van der Waals surface area contributed by atoms with Crippen molar-refractivity contribution >= 4 is 11.6 Å². The zero-order chi connectivity index (χ0) is 17.8. The van der Waals surface area contributed by atoms with Crippen LogP contribution in [0.1, 0.15) is 28.0 Å². The minimum absolute atomic E-state index is 0.216. The molecule has 3 rings (SSSR count). The van der Waals surface area contributed by atoms with Crippen molar-refractivity contribution < 1.29 is 13.6 Å². The van der Waals surface area contributed by atoms with E-state index in [0.717, 1.165) is 5.56 Å². The average Bonchev–Trinajstić information content (AvgIpc) is 2.57. The van der Waals surface area contributed by atoms with E-state index >= 15 is 0 Å². The van der Waals surface area contributed by atoms with Gasteiger partial charge in [0.25, 0.3) is 5.91 Å². The van der Waals surface area contributed by atoms with Gasteiger partial charge in [0.1, 0.15) is 12.0 Å². The van der Waals surface area contributed by atoms with E-state index in [9.17, 15) is 13.6 Å². The molecule has 1 saturated heterocycles. The van der Waals surface area contributed by atoms with Crippen LogP contribution in [-0.2, 0) is 6.42 Å². The molecule has 0 spiro atoms. The molecular formula is C18H20F2N4O. The van der Waals surface area contributed by atoms with Gasteiger partial charge in [0.2, 0.25) is 0 Å². The number of hydrogen-bond acceptors (Lipinski definition) is 4. The normalized spacial score (nSPS) is 20.2. The van der Waals surface area contributed by atoms with Crippen LogP contribution in [0, 0.1) is 5.82 Å². The molecule has 0 aliphatic carbocycles. The van der Waals surface area contributed by atoms with Crippen molar-refractivity contribution in [3.63, 3.8) is 0 Å². The Labute approximate surface area is 144 Å². The number of nitrogens with one attached hydrogen (secondary N) is 2. The van der Waals surface area contributed by atoms with Crippen LogP contribution in [0.4, 0.5) is 14.5 Å². The van der Waals surface area contributed by atoms with Gasteiger partial charge in [-0.3, -0.25) is 9.78 Å². The SMILES string of the molecule is NC(=O)c1cnc(Cc2cccc(F)c2)cc1N[C@@H]1CCNC[C@@H]1F. The molecule has 1 fully saturated rings.